The minimum atomic E-state index is -0.967. The number of imidazole rings is 1. The zero-order valence-corrected chi connectivity index (χ0v) is 15.6. The standard InChI is InChI=1S/C17H20ClN5O4/c1-21-13-14(20-16(21)19-7-11(25)9-24)22(2)17(27)23(15(13)26)8-10-5-3-4-6-12(10)18/h3-6,11,24-25H,7-9H2,1-2H3,(H,19,20)/t11-/m1/s1. The summed E-state index contributed by atoms with van der Waals surface area (Å²) in [6.45, 7) is -0.312. The number of aliphatic hydroxyl groups excluding tert-OH is 2. The van der Waals surface area contributed by atoms with Gasteiger partial charge in [0.05, 0.1) is 19.3 Å². The number of aryl methyl sites for hydroxylation is 2. The molecule has 3 aromatic rings. The van der Waals surface area contributed by atoms with E-state index in [0.717, 1.165) is 4.57 Å². The van der Waals surface area contributed by atoms with E-state index >= 15 is 0 Å². The number of aromatic nitrogens is 4. The van der Waals surface area contributed by atoms with Crippen LogP contribution in [0.15, 0.2) is 33.9 Å². The third-order valence-corrected chi connectivity index (χ3v) is 4.72. The summed E-state index contributed by atoms with van der Waals surface area (Å²) >= 11 is 6.16. The Bertz CT molecular complexity index is 1100. The van der Waals surface area contributed by atoms with Crippen molar-refractivity contribution in [3.8, 4) is 0 Å². The number of halogens is 1. The van der Waals surface area contributed by atoms with Gasteiger partial charge in [-0.3, -0.25) is 13.9 Å². The topological polar surface area (TPSA) is 114 Å². The van der Waals surface area contributed by atoms with Crippen LogP contribution in [-0.4, -0.2) is 48.2 Å². The van der Waals surface area contributed by atoms with E-state index in [0.29, 0.717) is 16.5 Å². The Morgan fingerprint density at radius 3 is 2.59 bits per heavy atom. The van der Waals surface area contributed by atoms with Gasteiger partial charge in [0.1, 0.15) is 0 Å². The van der Waals surface area contributed by atoms with Gasteiger partial charge in [-0.15, -0.1) is 0 Å². The molecule has 0 aliphatic carbocycles. The number of nitrogens with zero attached hydrogens (tertiary/aromatic N) is 4. The second-order valence-electron chi connectivity index (χ2n) is 6.21. The number of hydrogen-bond donors (Lipinski definition) is 3. The number of benzene rings is 1. The molecule has 3 rings (SSSR count). The van der Waals surface area contributed by atoms with Crippen molar-refractivity contribution in [1.82, 2.24) is 18.7 Å². The van der Waals surface area contributed by atoms with Gasteiger partial charge in [0.25, 0.3) is 5.56 Å². The molecule has 0 aliphatic heterocycles. The van der Waals surface area contributed by atoms with Crippen molar-refractivity contribution in [2.75, 3.05) is 18.5 Å². The molecule has 3 N–H and O–H groups in total. The third kappa shape index (κ3) is 3.48. The normalized spacial score (nSPS) is 12.5. The van der Waals surface area contributed by atoms with Crippen molar-refractivity contribution in [3.63, 3.8) is 0 Å². The van der Waals surface area contributed by atoms with Crippen LogP contribution >= 0.6 is 11.6 Å². The zero-order valence-electron chi connectivity index (χ0n) is 14.9. The van der Waals surface area contributed by atoms with Crippen molar-refractivity contribution in [1.29, 1.82) is 0 Å². The fourth-order valence-corrected chi connectivity index (χ4v) is 3.01. The molecule has 0 unspecified atom stereocenters. The first-order valence-corrected chi connectivity index (χ1v) is 8.65. The van der Waals surface area contributed by atoms with E-state index in [1.54, 1.807) is 31.3 Å². The molecular weight excluding hydrogens is 374 g/mol. The second kappa shape index (κ2) is 7.55. The van der Waals surface area contributed by atoms with E-state index in [1.807, 2.05) is 0 Å². The summed E-state index contributed by atoms with van der Waals surface area (Å²) in [6.07, 6.45) is -0.967. The smallest absolute Gasteiger partial charge is 0.332 e. The van der Waals surface area contributed by atoms with E-state index in [-0.39, 0.29) is 24.3 Å². The van der Waals surface area contributed by atoms with E-state index in [1.165, 1.54) is 16.2 Å². The molecule has 2 aromatic heterocycles. The number of fused-ring (bicyclic) bond motifs is 1. The number of hydrogen-bond acceptors (Lipinski definition) is 6. The van der Waals surface area contributed by atoms with E-state index in [2.05, 4.69) is 10.3 Å². The van der Waals surface area contributed by atoms with E-state index in [4.69, 9.17) is 16.7 Å². The molecule has 0 fully saturated rings. The SMILES string of the molecule is Cn1c(NC[C@@H](O)CO)nc2c1c(=O)n(Cc1ccccc1Cl)c(=O)n2C. The van der Waals surface area contributed by atoms with Gasteiger partial charge in [-0.05, 0) is 11.6 Å². The average Bonchev–Trinajstić information content (AvgIpc) is 2.99. The Balaban J connectivity index is 2.12. The second-order valence-corrected chi connectivity index (χ2v) is 6.62. The van der Waals surface area contributed by atoms with Crippen LogP contribution in [0, 0.1) is 0 Å². The maximum Gasteiger partial charge on any atom is 0.332 e. The fraction of sp³-hybridized carbons (Fsp3) is 0.353. The van der Waals surface area contributed by atoms with Crippen molar-refractivity contribution < 1.29 is 10.2 Å². The lowest BCUT2D eigenvalue weighted by atomic mass is 10.2. The summed E-state index contributed by atoms with van der Waals surface area (Å²) < 4.78 is 3.92. The maximum absolute atomic E-state index is 13.0. The van der Waals surface area contributed by atoms with Crippen LogP contribution in [0.1, 0.15) is 5.56 Å². The summed E-state index contributed by atoms with van der Waals surface area (Å²) in [5.41, 5.74) is 0.129. The van der Waals surface area contributed by atoms with Gasteiger partial charge < -0.3 is 20.1 Å². The molecule has 0 saturated carbocycles. The average molecular weight is 394 g/mol. The molecule has 0 spiro atoms. The van der Waals surface area contributed by atoms with Crippen molar-refractivity contribution in [2.24, 2.45) is 14.1 Å². The Hall–Kier alpha value is -2.62. The molecule has 0 radical (unpaired) electrons. The number of anilines is 1. The molecule has 2 heterocycles. The number of rotatable bonds is 6. The molecular formula is C17H20ClN5O4. The molecule has 1 aromatic carbocycles. The molecule has 0 amide bonds. The first-order chi connectivity index (χ1) is 12.8. The van der Waals surface area contributed by atoms with Crippen LogP contribution in [0.2, 0.25) is 5.02 Å². The highest BCUT2D eigenvalue weighted by atomic mass is 35.5. The fourth-order valence-electron chi connectivity index (χ4n) is 2.81. The van der Waals surface area contributed by atoms with Crippen molar-refractivity contribution in [2.45, 2.75) is 12.6 Å². The highest BCUT2D eigenvalue weighted by molar-refractivity contribution is 6.31. The van der Waals surface area contributed by atoms with Crippen LogP contribution in [0.4, 0.5) is 5.95 Å². The number of nitrogens with one attached hydrogen (secondary N) is 1. The Morgan fingerprint density at radius 2 is 1.93 bits per heavy atom. The molecule has 0 aliphatic rings. The molecule has 0 saturated heterocycles. The van der Waals surface area contributed by atoms with Gasteiger partial charge in [-0.2, -0.15) is 4.98 Å². The summed E-state index contributed by atoms with van der Waals surface area (Å²) in [7, 11) is 3.17. The van der Waals surface area contributed by atoms with Gasteiger partial charge in [-0.1, -0.05) is 29.8 Å². The third-order valence-electron chi connectivity index (χ3n) is 4.35. The van der Waals surface area contributed by atoms with Crippen molar-refractivity contribution >= 4 is 28.7 Å². The lowest BCUT2D eigenvalue weighted by molar-refractivity contribution is 0.105. The van der Waals surface area contributed by atoms with Crippen LogP contribution < -0.4 is 16.6 Å². The van der Waals surface area contributed by atoms with Crippen LogP contribution in [0.5, 0.6) is 0 Å². The van der Waals surface area contributed by atoms with E-state index < -0.39 is 24.0 Å². The van der Waals surface area contributed by atoms with Gasteiger partial charge in [-0.25, -0.2) is 4.79 Å². The molecule has 144 valence electrons. The summed E-state index contributed by atoms with van der Waals surface area (Å²) in [5.74, 6) is 0.306. The van der Waals surface area contributed by atoms with Gasteiger partial charge in [0.15, 0.2) is 11.2 Å². The minimum absolute atomic E-state index is 0.0400. The van der Waals surface area contributed by atoms with Gasteiger partial charge in [0.2, 0.25) is 5.95 Å². The zero-order chi connectivity index (χ0) is 19.7. The lowest BCUT2D eigenvalue weighted by Crippen LogP contribution is -2.39. The summed E-state index contributed by atoms with van der Waals surface area (Å²) in [4.78, 5) is 30.0. The van der Waals surface area contributed by atoms with Gasteiger partial charge >= 0.3 is 5.69 Å². The number of aliphatic hydroxyl groups is 2. The monoisotopic (exact) mass is 393 g/mol. The van der Waals surface area contributed by atoms with Crippen molar-refractivity contribution in [3.05, 3.63) is 55.7 Å². The quantitative estimate of drug-likeness (QED) is 0.539. The van der Waals surface area contributed by atoms with E-state index in [9.17, 15) is 14.7 Å². The first kappa shape index (κ1) is 19.2. The van der Waals surface area contributed by atoms with Gasteiger partial charge in [0, 0.05) is 25.7 Å². The predicted octanol–water partition coefficient (Wildman–Crippen LogP) is -0.0995. The first-order valence-electron chi connectivity index (χ1n) is 8.27. The molecule has 10 heteroatoms. The minimum Gasteiger partial charge on any atom is -0.394 e. The highest BCUT2D eigenvalue weighted by Crippen LogP contribution is 2.16. The molecule has 27 heavy (non-hydrogen) atoms. The molecule has 9 nitrogen and oxygen atoms in total. The Kier molecular flexibility index (Phi) is 5.36. The van der Waals surface area contributed by atoms with Crippen LogP contribution in [0.3, 0.4) is 0 Å². The lowest BCUT2D eigenvalue weighted by Gasteiger charge is -2.10. The molecule has 0 bridgehead atoms. The largest absolute Gasteiger partial charge is 0.394 e. The Labute approximate surface area is 159 Å². The summed E-state index contributed by atoms with van der Waals surface area (Å²) in [6, 6.07) is 7.01. The Morgan fingerprint density at radius 1 is 1.22 bits per heavy atom. The molecule has 1 atom stereocenters. The highest BCUT2D eigenvalue weighted by Gasteiger charge is 2.19. The predicted molar refractivity (Wildman–Crippen MR) is 102 cm³/mol. The maximum atomic E-state index is 13.0. The van der Waals surface area contributed by atoms with Crippen LogP contribution in [0.25, 0.3) is 11.2 Å². The van der Waals surface area contributed by atoms with Crippen LogP contribution in [-0.2, 0) is 20.6 Å². The summed E-state index contributed by atoms with van der Waals surface area (Å²) in [5, 5.41) is 21.7.